The molecule has 0 aliphatic carbocycles. The molecule has 5 nitrogen and oxygen atoms in total. The van der Waals surface area contributed by atoms with Gasteiger partial charge in [-0.2, -0.15) is 0 Å². The van der Waals surface area contributed by atoms with Crippen molar-refractivity contribution >= 4 is 11.8 Å². The standard InChI is InChI=1S/C13H19N3O2/c1-9(2)7-11(13(18)14-3)16-12(17)10-5-4-6-15-8-10/h4-6,8-9,11H,7H2,1-3H3,(H,14,18)(H,16,17)/t11-/m0/s1. The highest BCUT2D eigenvalue weighted by atomic mass is 16.2. The number of nitrogens with one attached hydrogen (secondary N) is 2. The number of aromatic nitrogens is 1. The van der Waals surface area contributed by atoms with Gasteiger partial charge in [-0.05, 0) is 24.5 Å². The van der Waals surface area contributed by atoms with E-state index < -0.39 is 6.04 Å². The zero-order valence-electron chi connectivity index (χ0n) is 10.9. The molecule has 0 aliphatic heterocycles. The predicted molar refractivity (Wildman–Crippen MR) is 69.0 cm³/mol. The molecule has 0 spiro atoms. The Morgan fingerprint density at radius 1 is 1.39 bits per heavy atom. The number of likely N-dealkylation sites (N-methyl/N-ethyl adjacent to an activating group) is 1. The summed E-state index contributed by atoms with van der Waals surface area (Å²) in [5.74, 6) is -0.139. The van der Waals surface area contributed by atoms with Crippen LogP contribution in [0.4, 0.5) is 0 Å². The molecule has 0 unspecified atom stereocenters. The van der Waals surface area contributed by atoms with E-state index in [2.05, 4.69) is 15.6 Å². The van der Waals surface area contributed by atoms with E-state index in [0.717, 1.165) is 0 Å². The highest BCUT2D eigenvalue weighted by molar-refractivity contribution is 5.97. The van der Waals surface area contributed by atoms with Gasteiger partial charge in [0.05, 0.1) is 5.56 Å². The maximum Gasteiger partial charge on any atom is 0.253 e. The Morgan fingerprint density at radius 3 is 2.61 bits per heavy atom. The van der Waals surface area contributed by atoms with Crippen molar-refractivity contribution in [3.63, 3.8) is 0 Å². The predicted octanol–water partition coefficient (Wildman–Crippen LogP) is 0.972. The Bertz CT molecular complexity index is 404. The van der Waals surface area contributed by atoms with Gasteiger partial charge in [0.25, 0.3) is 5.91 Å². The van der Waals surface area contributed by atoms with E-state index in [1.807, 2.05) is 13.8 Å². The van der Waals surface area contributed by atoms with Gasteiger partial charge < -0.3 is 10.6 Å². The lowest BCUT2D eigenvalue weighted by molar-refractivity contribution is -0.122. The van der Waals surface area contributed by atoms with Crippen molar-refractivity contribution in [2.75, 3.05) is 7.05 Å². The molecule has 1 rings (SSSR count). The van der Waals surface area contributed by atoms with Gasteiger partial charge in [0.1, 0.15) is 6.04 Å². The third kappa shape index (κ3) is 4.16. The van der Waals surface area contributed by atoms with Gasteiger partial charge in [0.15, 0.2) is 0 Å². The molecule has 0 fully saturated rings. The largest absolute Gasteiger partial charge is 0.357 e. The fourth-order valence-corrected chi connectivity index (χ4v) is 1.62. The van der Waals surface area contributed by atoms with Crippen LogP contribution in [0.2, 0.25) is 0 Å². The second-order valence-corrected chi connectivity index (χ2v) is 4.51. The second-order valence-electron chi connectivity index (χ2n) is 4.51. The zero-order valence-corrected chi connectivity index (χ0v) is 10.9. The zero-order chi connectivity index (χ0) is 13.5. The van der Waals surface area contributed by atoms with Gasteiger partial charge >= 0.3 is 0 Å². The highest BCUT2D eigenvalue weighted by Crippen LogP contribution is 2.06. The van der Waals surface area contributed by atoms with Crippen molar-refractivity contribution in [3.05, 3.63) is 30.1 Å². The summed E-state index contributed by atoms with van der Waals surface area (Å²) in [6, 6.07) is 2.84. The molecule has 0 aromatic carbocycles. The molecule has 0 radical (unpaired) electrons. The summed E-state index contributed by atoms with van der Waals surface area (Å²) in [4.78, 5) is 27.5. The number of hydrogen-bond donors (Lipinski definition) is 2. The Balaban J connectivity index is 2.71. The molecule has 0 aliphatic rings. The fraction of sp³-hybridized carbons (Fsp3) is 0.462. The van der Waals surface area contributed by atoms with Crippen LogP contribution in [0, 0.1) is 5.92 Å². The molecule has 2 amide bonds. The van der Waals surface area contributed by atoms with Crippen LogP contribution >= 0.6 is 0 Å². The number of carbonyl (C=O) groups excluding carboxylic acids is 2. The lowest BCUT2D eigenvalue weighted by Crippen LogP contribution is -2.46. The summed E-state index contributed by atoms with van der Waals surface area (Å²) in [6.45, 7) is 4.01. The molecule has 5 heteroatoms. The maximum absolute atomic E-state index is 11.9. The Morgan fingerprint density at radius 2 is 2.11 bits per heavy atom. The van der Waals surface area contributed by atoms with E-state index in [0.29, 0.717) is 17.9 Å². The van der Waals surface area contributed by atoms with Crippen LogP contribution in [0.5, 0.6) is 0 Å². The Kier molecular flexibility index (Phi) is 5.30. The average molecular weight is 249 g/mol. The minimum absolute atomic E-state index is 0.180. The van der Waals surface area contributed by atoms with Crippen LogP contribution in [-0.2, 0) is 4.79 Å². The summed E-state index contributed by atoms with van der Waals surface area (Å²) in [5.41, 5.74) is 0.454. The van der Waals surface area contributed by atoms with Crippen molar-refractivity contribution < 1.29 is 9.59 Å². The minimum atomic E-state index is -0.511. The molecule has 0 saturated heterocycles. The normalized spacial score (nSPS) is 12.0. The summed E-state index contributed by atoms with van der Waals surface area (Å²) >= 11 is 0. The molecule has 0 bridgehead atoms. The van der Waals surface area contributed by atoms with E-state index in [1.165, 1.54) is 6.20 Å². The Labute approximate surface area is 107 Å². The molecule has 2 N–H and O–H groups in total. The Hall–Kier alpha value is -1.91. The first-order chi connectivity index (χ1) is 8.54. The maximum atomic E-state index is 11.9. The first kappa shape index (κ1) is 14.2. The van der Waals surface area contributed by atoms with Gasteiger partial charge in [0, 0.05) is 19.4 Å². The summed E-state index contributed by atoms with van der Waals surface area (Å²) < 4.78 is 0. The van der Waals surface area contributed by atoms with E-state index in [9.17, 15) is 9.59 Å². The van der Waals surface area contributed by atoms with Crippen LogP contribution in [0.1, 0.15) is 30.6 Å². The van der Waals surface area contributed by atoms with Crippen LogP contribution in [-0.4, -0.2) is 29.9 Å². The number of carbonyl (C=O) groups is 2. The molecular formula is C13H19N3O2. The third-order valence-corrected chi connectivity index (χ3v) is 2.50. The number of rotatable bonds is 5. The average Bonchev–Trinajstić information content (AvgIpc) is 2.37. The topological polar surface area (TPSA) is 71.1 Å². The molecule has 1 heterocycles. The van der Waals surface area contributed by atoms with Crippen molar-refractivity contribution in [2.24, 2.45) is 5.92 Å². The summed E-state index contributed by atoms with van der Waals surface area (Å²) in [7, 11) is 1.56. The summed E-state index contributed by atoms with van der Waals surface area (Å²) in [5, 5.41) is 5.28. The molecular weight excluding hydrogens is 230 g/mol. The fourth-order valence-electron chi connectivity index (χ4n) is 1.62. The quantitative estimate of drug-likeness (QED) is 0.817. The highest BCUT2D eigenvalue weighted by Gasteiger charge is 2.21. The van der Waals surface area contributed by atoms with E-state index in [4.69, 9.17) is 0 Å². The van der Waals surface area contributed by atoms with E-state index in [-0.39, 0.29) is 11.8 Å². The minimum Gasteiger partial charge on any atom is -0.357 e. The lowest BCUT2D eigenvalue weighted by atomic mass is 10.0. The van der Waals surface area contributed by atoms with Gasteiger partial charge in [0.2, 0.25) is 5.91 Å². The number of amides is 2. The van der Waals surface area contributed by atoms with Crippen molar-refractivity contribution in [1.29, 1.82) is 0 Å². The first-order valence-corrected chi connectivity index (χ1v) is 5.97. The molecule has 0 saturated carbocycles. The van der Waals surface area contributed by atoms with Crippen molar-refractivity contribution in [3.8, 4) is 0 Å². The van der Waals surface area contributed by atoms with Gasteiger partial charge in [-0.25, -0.2) is 0 Å². The number of pyridine rings is 1. The number of nitrogens with zero attached hydrogens (tertiary/aromatic N) is 1. The second kappa shape index (κ2) is 6.74. The SMILES string of the molecule is CNC(=O)[C@H](CC(C)C)NC(=O)c1cccnc1. The molecule has 18 heavy (non-hydrogen) atoms. The van der Waals surface area contributed by atoms with Crippen molar-refractivity contribution in [1.82, 2.24) is 15.6 Å². The first-order valence-electron chi connectivity index (χ1n) is 5.97. The van der Waals surface area contributed by atoms with Crippen LogP contribution in [0.15, 0.2) is 24.5 Å². The van der Waals surface area contributed by atoms with Gasteiger partial charge in [-0.1, -0.05) is 13.8 Å². The number of hydrogen-bond acceptors (Lipinski definition) is 3. The van der Waals surface area contributed by atoms with Crippen LogP contribution < -0.4 is 10.6 Å². The van der Waals surface area contributed by atoms with Crippen molar-refractivity contribution in [2.45, 2.75) is 26.3 Å². The van der Waals surface area contributed by atoms with Crippen LogP contribution in [0.3, 0.4) is 0 Å². The molecule has 98 valence electrons. The lowest BCUT2D eigenvalue weighted by Gasteiger charge is -2.19. The molecule has 1 aromatic rings. The van der Waals surface area contributed by atoms with E-state index in [1.54, 1.807) is 25.4 Å². The molecule has 1 aromatic heterocycles. The smallest absolute Gasteiger partial charge is 0.253 e. The third-order valence-electron chi connectivity index (χ3n) is 2.50. The van der Waals surface area contributed by atoms with Gasteiger partial charge in [-0.3, -0.25) is 14.6 Å². The molecule has 1 atom stereocenters. The van der Waals surface area contributed by atoms with E-state index >= 15 is 0 Å². The van der Waals surface area contributed by atoms with Crippen LogP contribution in [0.25, 0.3) is 0 Å². The summed E-state index contributed by atoms with van der Waals surface area (Å²) in [6.07, 6.45) is 3.68. The monoisotopic (exact) mass is 249 g/mol. The van der Waals surface area contributed by atoms with Gasteiger partial charge in [-0.15, -0.1) is 0 Å².